The Bertz CT molecular complexity index is 1230. The third-order valence-electron chi connectivity index (χ3n) is 5.82. The fourth-order valence-electron chi connectivity index (χ4n) is 4.02. The Morgan fingerprint density at radius 3 is 2.42 bits per heavy atom. The molecule has 1 fully saturated rings. The van der Waals surface area contributed by atoms with E-state index in [9.17, 15) is 4.39 Å². The molecule has 7 nitrogen and oxygen atoms in total. The first-order valence-electron chi connectivity index (χ1n) is 10.8. The Balaban J connectivity index is 1.22. The first kappa shape index (κ1) is 21.8. The van der Waals surface area contributed by atoms with E-state index in [1.54, 1.807) is 6.07 Å². The van der Waals surface area contributed by atoms with Crippen molar-refractivity contribution >= 4 is 11.6 Å². The molecule has 2 aromatic heterocycles. The minimum Gasteiger partial charge on any atom is -0.419 e. The van der Waals surface area contributed by atoms with Crippen LogP contribution in [-0.4, -0.2) is 51.3 Å². The number of piperazine rings is 1. The lowest BCUT2D eigenvalue weighted by Crippen LogP contribution is -2.45. The highest BCUT2D eigenvalue weighted by atomic mass is 35.5. The zero-order valence-electron chi connectivity index (χ0n) is 18.2. The van der Waals surface area contributed by atoms with Gasteiger partial charge < -0.3 is 8.94 Å². The molecule has 0 bridgehead atoms. The number of hydrogen-bond donors (Lipinski definition) is 0. The van der Waals surface area contributed by atoms with E-state index >= 15 is 0 Å². The first-order chi connectivity index (χ1) is 16.1. The number of hydrogen-bond acceptors (Lipinski definition) is 7. The average Bonchev–Trinajstić information content (AvgIpc) is 3.43. The number of benzene rings is 2. The molecular weight excluding hydrogens is 445 g/mol. The fraction of sp³-hybridized carbons (Fsp3) is 0.292. The number of aromatic nitrogens is 3. The Labute approximate surface area is 195 Å². The van der Waals surface area contributed by atoms with Gasteiger partial charge in [-0.2, -0.15) is 0 Å². The molecule has 1 aliphatic rings. The van der Waals surface area contributed by atoms with E-state index in [1.165, 1.54) is 12.1 Å². The van der Waals surface area contributed by atoms with Crippen LogP contribution in [0.3, 0.4) is 0 Å². The summed E-state index contributed by atoms with van der Waals surface area (Å²) < 4.78 is 24.7. The second-order valence-electron chi connectivity index (χ2n) is 8.12. The molecule has 170 valence electrons. The Kier molecular flexibility index (Phi) is 6.22. The van der Waals surface area contributed by atoms with Crippen molar-refractivity contribution in [3.05, 3.63) is 76.6 Å². The van der Waals surface area contributed by atoms with E-state index in [-0.39, 0.29) is 5.82 Å². The van der Waals surface area contributed by atoms with E-state index in [4.69, 9.17) is 20.5 Å². The summed E-state index contributed by atoms with van der Waals surface area (Å²) in [5, 5.41) is 13.2. The Morgan fingerprint density at radius 2 is 1.70 bits per heavy atom. The van der Waals surface area contributed by atoms with Gasteiger partial charge in [0.2, 0.25) is 5.89 Å². The van der Waals surface area contributed by atoms with Gasteiger partial charge in [0.1, 0.15) is 22.8 Å². The van der Waals surface area contributed by atoms with Crippen LogP contribution in [0.5, 0.6) is 0 Å². The van der Waals surface area contributed by atoms with E-state index in [0.717, 1.165) is 42.9 Å². The summed E-state index contributed by atoms with van der Waals surface area (Å²) in [5.74, 6) is 1.29. The van der Waals surface area contributed by atoms with Crippen molar-refractivity contribution in [2.75, 3.05) is 26.2 Å². The minimum absolute atomic E-state index is 0.315. The molecule has 1 aliphatic heterocycles. The highest BCUT2D eigenvalue weighted by Gasteiger charge is 2.24. The van der Waals surface area contributed by atoms with Gasteiger partial charge in [-0.1, -0.05) is 53.2 Å². The molecule has 2 aromatic carbocycles. The van der Waals surface area contributed by atoms with Gasteiger partial charge >= 0.3 is 0 Å². The predicted octanol–water partition coefficient (Wildman–Crippen LogP) is 4.81. The summed E-state index contributed by atoms with van der Waals surface area (Å²) in [7, 11) is 0. The molecule has 0 amide bonds. The van der Waals surface area contributed by atoms with Crippen molar-refractivity contribution in [3.63, 3.8) is 0 Å². The normalized spacial score (nSPS) is 15.2. The van der Waals surface area contributed by atoms with Gasteiger partial charge in [-0.05, 0) is 24.6 Å². The van der Waals surface area contributed by atoms with Crippen molar-refractivity contribution < 1.29 is 13.3 Å². The molecule has 0 radical (unpaired) electrons. The standard InChI is InChI=1S/C24H23ClFN5O2/c1-16-22(23(29-33-16)17-5-3-2-4-6-17)24-28-27-21(32-24)15-31-11-9-30(10-12-31)14-18-7-8-19(26)13-20(18)25/h2-8,13H,9-12,14-15H2,1H3. The van der Waals surface area contributed by atoms with Crippen molar-refractivity contribution in [2.45, 2.75) is 20.0 Å². The van der Waals surface area contributed by atoms with E-state index in [2.05, 4.69) is 25.2 Å². The molecule has 0 saturated carbocycles. The van der Waals surface area contributed by atoms with E-state index in [0.29, 0.717) is 41.3 Å². The number of halogens is 2. The van der Waals surface area contributed by atoms with Crippen LogP contribution in [0.2, 0.25) is 5.02 Å². The van der Waals surface area contributed by atoms with Gasteiger partial charge in [0.15, 0.2) is 0 Å². The lowest BCUT2D eigenvalue weighted by atomic mass is 10.1. The second kappa shape index (κ2) is 9.43. The van der Waals surface area contributed by atoms with Crippen LogP contribution in [0.15, 0.2) is 57.5 Å². The maximum Gasteiger partial charge on any atom is 0.253 e. The third-order valence-corrected chi connectivity index (χ3v) is 6.18. The molecule has 33 heavy (non-hydrogen) atoms. The quantitative estimate of drug-likeness (QED) is 0.403. The summed E-state index contributed by atoms with van der Waals surface area (Å²) in [6.07, 6.45) is 0. The molecule has 0 aliphatic carbocycles. The molecule has 0 atom stereocenters. The lowest BCUT2D eigenvalue weighted by Gasteiger charge is -2.34. The van der Waals surface area contributed by atoms with Crippen LogP contribution in [-0.2, 0) is 13.1 Å². The lowest BCUT2D eigenvalue weighted by molar-refractivity contribution is 0.114. The van der Waals surface area contributed by atoms with Gasteiger partial charge in [0.05, 0.1) is 6.54 Å². The molecule has 0 N–H and O–H groups in total. The summed E-state index contributed by atoms with van der Waals surface area (Å²) in [5.41, 5.74) is 3.28. The third kappa shape index (κ3) is 4.83. The van der Waals surface area contributed by atoms with Crippen molar-refractivity contribution in [1.82, 2.24) is 25.2 Å². The van der Waals surface area contributed by atoms with Gasteiger partial charge in [0, 0.05) is 43.3 Å². The minimum atomic E-state index is -0.315. The van der Waals surface area contributed by atoms with Crippen LogP contribution in [0, 0.1) is 12.7 Å². The monoisotopic (exact) mass is 467 g/mol. The van der Waals surface area contributed by atoms with Crippen molar-refractivity contribution in [2.24, 2.45) is 0 Å². The van der Waals surface area contributed by atoms with Crippen LogP contribution in [0.1, 0.15) is 17.2 Å². The van der Waals surface area contributed by atoms with Gasteiger partial charge in [-0.25, -0.2) is 4.39 Å². The molecular formula is C24H23ClFN5O2. The van der Waals surface area contributed by atoms with Gasteiger partial charge in [-0.3, -0.25) is 9.80 Å². The van der Waals surface area contributed by atoms with Crippen LogP contribution in [0.25, 0.3) is 22.7 Å². The van der Waals surface area contributed by atoms with E-state index in [1.807, 2.05) is 37.3 Å². The second-order valence-corrected chi connectivity index (χ2v) is 8.52. The number of aryl methyl sites for hydroxylation is 1. The molecule has 1 saturated heterocycles. The topological polar surface area (TPSA) is 71.4 Å². The van der Waals surface area contributed by atoms with Gasteiger partial charge in [-0.15, -0.1) is 10.2 Å². The summed E-state index contributed by atoms with van der Waals surface area (Å²) in [4.78, 5) is 4.58. The SMILES string of the molecule is Cc1onc(-c2ccccc2)c1-c1nnc(CN2CCN(Cc3ccc(F)cc3Cl)CC2)o1. The summed E-state index contributed by atoms with van der Waals surface area (Å²) >= 11 is 6.17. The molecule has 3 heterocycles. The van der Waals surface area contributed by atoms with Crippen molar-refractivity contribution in [3.8, 4) is 22.7 Å². The average molecular weight is 468 g/mol. The highest BCUT2D eigenvalue weighted by molar-refractivity contribution is 6.31. The van der Waals surface area contributed by atoms with Crippen LogP contribution >= 0.6 is 11.6 Å². The Hall–Kier alpha value is -3.07. The summed E-state index contributed by atoms with van der Waals surface area (Å²) in [6.45, 7) is 6.58. The zero-order valence-corrected chi connectivity index (χ0v) is 18.9. The van der Waals surface area contributed by atoms with Crippen molar-refractivity contribution in [1.29, 1.82) is 0 Å². The molecule has 4 aromatic rings. The molecule has 0 spiro atoms. The highest BCUT2D eigenvalue weighted by Crippen LogP contribution is 2.33. The zero-order chi connectivity index (χ0) is 22.8. The smallest absolute Gasteiger partial charge is 0.253 e. The molecule has 0 unspecified atom stereocenters. The summed E-state index contributed by atoms with van der Waals surface area (Å²) in [6, 6.07) is 14.4. The van der Waals surface area contributed by atoms with E-state index < -0.39 is 0 Å². The molecule has 5 rings (SSSR count). The largest absolute Gasteiger partial charge is 0.419 e. The first-order valence-corrected chi connectivity index (χ1v) is 11.2. The van der Waals surface area contributed by atoms with Crippen LogP contribution < -0.4 is 0 Å². The maximum absolute atomic E-state index is 13.3. The fourth-order valence-corrected chi connectivity index (χ4v) is 4.25. The van der Waals surface area contributed by atoms with Crippen LogP contribution in [0.4, 0.5) is 4.39 Å². The van der Waals surface area contributed by atoms with Gasteiger partial charge in [0.25, 0.3) is 5.89 Å². The number of nitrogens with zero attached hydrogens (tertiary/aromatic N) is 5. The number of rotatable bonds is 6. The predicted molar refractivity (Wildman–Crippen MR) is 122 cm³/mol. The Morgan fingerprint density at radius 1 is 0.970 bits per heavy atom. The molecule has 9 heteroatoms. The maximum atomic E-state index is 13.3.